The number of amides is 2. The van der Waals surface area contributed by atoms with Crippen molar-refractivity contribution in [1.82, 2.24) is 4.90 Å². The van der Waals surface area contributed by atoms with Crippen LogP contribution in [0, 0.1) is 12.8 Å². The van der Waals surface area contributed by atoms with Gasteiger partial charge in [-0.25, -0.2) is 8.42 Å². The zero-order chi connectivity index (χ0) is 22.2. The molecule has 2 aromatic rings. The SMILES string of the molecule is Cc1cccc(NS(=O)(=O)c2ccc3c(c2)NC(=O)[C@H](C(=O)N2CCC(C)CC2)S3)c1. The van der Waals surface area contributed by atoms with Gasteiger partial charge in [0.15, 0.2) is 5.25 Å². The number of nitrogens with zero attached hydrogens (tertiary/aromatic N) is 1. The molecular weight excluding hydrogens is 434 g/mol. The molecule has 7 nitrogen and oxygen atoms in total. The van der Waals surface area contributed by atoms with Gasteiger partial charge in [-0.05, 0) is 61.6 Å². The summed E-state index contributed by atoms with van der Waals surface area (Å²) in [7, 11) is -3.82. The van der Waals surface area contributed by atoms with Gasteiger partial charge in [0.05, 0.1) is 10.6 Å². The number of nitrogens with one attached hydrogen (secondary N) is 2. The Balaban J connectivity index is 1.52. The maximum absolute atomic E-state index is 12.9. The van der Waals surface area contributed by atoms with E-state index in [0.29, 0.717) is 35.3 Å². The maximum Gasteiger partial charge on any atom is 0.261 e. The van der Waals surface area contributed by atoms with Crippen LogP contribution in [0.5, 0.6) is 0 Å². The fraction of sp³-hybridized carbons (Fsp3) is 0.364. The average molecular weight is 460 g/mol. The predicted octanol–water partition coefficient (Wildman–Crippen LogP) is 3.47. The number of benzene rings is 2. The summed E-state index contributed by atoms with van der Waals surface area (Å²) < 4.78 is 28.1. The number of fused-ring (bicyclic) bond motifs is 1. The van der Waals surface area contributed by atoms with Gasteiger partial charge >= 0.3 is 0 Å². The molecule has 4 rings (SSSR count). The Bertz CT molecular complexity index is 1130. The number of likely N-dealkylation sites (tertiary alicyclic amines) is 1. The second kappa shape index (κ2) is 8.55. The lowest BCUT2D eigenvalue weighted by atomic mass is 9.99. The number of hydrogen-bond donors (Lipinski definition) is 2. The molecule has 31 heavy (non-hydrogen) atoms. The highest BCUT2D eigenvalue weighted by Gasteiger charge is 2.37. The smallest absolute Gasteiger partial charge is 0.261 e. The number of carbonyl (C=O) groups excluding carboxylic acids is 2. The minimum absolute atomic E-state index is 0.0449. The van der Waals surface area contributed by atoms with Gasteiger partial charge in [-0.2, -0.15) is 0 Å². The molecule has 2 aliphatic heterocycles. The minimum atomic E-state index is -3.82. The molecule has 9 heteroatoms. The summed E-state index contributed by atoms with van der Waals surface area (Å²) in [4.78, 5) is 28.0. The van der Waals surface area contributed by atoms with Crippen molar-refractivity contribution in [1.29, 1.82) is 0 Å². The van der Waals surface area contributed by atoms with Crippen LogP contribution in [0.15, 0.2) is 52.3 Å². The number of anilines is 2. The number of thioether (sulfide) groups is 1. The Hall–Kier alpha value is -2.52. The Morgan fingerprint density at radius 3 is 2.61 bits per heavy atom. The van der Waals surface area contributed by atoms with E-state index in [1.807, 2.05) is 13.0 Å². The molecule has 0 unspecified atom stereocenters. The Kier molecular flexibility index (Phi) is 5.98. The van der Waals surface area contributed by atoms with Crippen molar-refractivity contribution in [2.45, 2.75) is 41.7 Å². The summed E-state index contributed by atoms with van der Waals surface area (Å²) >= 11 is 1.17. The molecule has 2 amide bonds. The van der Waals surface area contributed by atoms with Gasteiger partial charge in [-0.3, -0.25) is 14.3 Å². The van der Waals surface area contributed by atoms with Crippen molar-refractivity contribution in [2.24, 2.45) is 5.92 Å². The van der Waals surface area contributed by atoms with Crippen LogP contribution in [-0.4, -0.2) is 43.5 Å². The summed E-state index contributed by atoms with van der Waals surface area (Å²) in [6.45, 7) is 5.38. The van der Waals surface area contributed by atoms with Crippen LogP contribution in [0.1, 0.15) is 25.3 Å². The minimum Gasteiger partial charge on any atom is -0.341 e. The van der Waals surface area contributed by atoms with Crippen molar-refractivity contribution in [3.05, 3.63) is 48.0 Å². The Morgan fingerprint density at radius 1 is 1.16 bits per heavy atom. The van der Waals surface area contributed by atoms with Crippen LogP contribution in [0.3, 0.4) is 0 Å². The largest absolute Gasteiger partial charge is 0.341 e. The fourth-order valence-electron chi connectivity index (χ4n) is 3.74. The van der Waals surface area contributed by atoms with Crippen molar-refractivity contribution < 1.29 is 18.0 Å². The zero-order valence-corrected chi connectivity index (χ0v) is 19.1. The predicted molar refractivity (Wildman–Crippen MR) is 122 cm³/mol. The first-order valence-corrected chi connectivity index (χ1v) is 12.6. The van der Waals surface area contributed by atoms with Crippen LogP contribution in [0.25, 0.3) is 0 Å². The van der Waals surface area contributed by atoms with E-state index < -0.39 is 21.2 Å². The van der Waals surface area contributed by atoms with E-state index in [9.17, 15) is 18.0 Å². The monoisotopic (exact) mass is 459 g/mol. The maximum atomic E-state index is 12.9. The second-order valence-corrected chi connectivity index (χ2v) is 11.0. The molecule has 0 spiro atoms. The summed E-state index contributed by atoms with van der Waals surface area (Å²) in [5.41, 5.74) is 1.81. The highest BCUT2D eigenvalue weighted by molar-refractivity contribution is 8.01. The molecule has 0 aliphatic carbocycles. The Labute approximate surface area is 186 Å². The van der Waals surface area contributed by atoms with E-state index in [4.69, 9.17) is 0 Å². The third-order valence-corrected chi connectivity index (χ3v) is 8.23. The number of hydrogen-bond acceptors (Lipinski definition) is 5. The van der Waals surface area contributed by atoms with Gasteiger partial charge in [-0.1, -0.05) is 19.1 Å². The molecule has 0 bridgehead atoms. The van der Waals surface area contributed by atoms with Crippen molar-refractivity contribution in [3.63, 3.8) is 0 Å². The summed E-state index contributed by atoms with van der Waals surface area (Å²) in [6, 6.07) is 11.6. The molecule has 0 aromatic heterocycles. The number of sulfonamides is 1. The summed E-state index contributed by atoms with van der Waals surface area (Å²) in [5, 5.41) is 1.87. The van der Waals surface area contributed by atoms with Gasteiger partial charge in [0.1, 0.15) is 0 Å². The zero-order valence-electron chi connectivity index (χ0n) is 17.4. The molecule has 2 aromatic carbocycles. The van der Waals surface area contributed by atoms with Gasteiger partial charge in [0.25, 0.3) is 10.0 Å². The van der Waals surface area contributed by atoms with E-state index in [1.54, 1.807) is 29.2 Å². The number of aryl methyl sites for hydroxylation is 1. The lowest BCUT2D eigenvalue weighted by Crippen LogP contribution is -2.47. The summed E-state index contributed by atoms with van der Waals surface area (Å²) in [6.07, 6.45) is 1.88. The number of carbonyl (C=O) groups is 2. The molecule has 2 heterocycles. The lowest BCUT2D eigenvalue weighted by Gasteiger charge is -2.33. The molecule has 1 atom stereocenters. The number of piperidine rings is 1. The van der Waals surface area contributed by atoms with E-state index >= 15 is 0 Å². The van der Waals surface area contributed by atoms with Crippen molar-refractivity contribution in [2.75, 3.05) is 23.1 Å². The topological polar surface area (TPSA) is 95.6 Å². The molecule has 164 valence electrons. The van der Waals surface area contributed by atoms with Gasteiger partial charge in [-0.15, -0.1) is 11.8 Å². The third kappa shape index (κ3) is 4.72. The van der Waals surface area contributed by atoms with Crippen LogP contribution < -0.4 is 10.0 Å². The summed E-state index contributed by atoms with van der Waals surface area (Å²) in [5.74, 6) is -0.00781. The second-order valence-electron chi connectivity index (χ2n) is 8.13. The highest BCUT2D eigenvalue weighted by Crippen LogP contribution is 2.38. The normalized spacial score (nSPS) is 19.5. The molecule has 1 fully saturated rings. The van der Waals surface area contributed by atoms with Crippen LogP contribution in [-0.2, 0) is 19.6 Å². The first-order chi connectivity index (χ1) is 14.7. The van der Waals surface area contributed by atoms with Crippen LogP contribution in [0.4, 0.5) is 11.4 Å². The standard InChI is InChI=1S/C22H25N3O4S2/c1-14-8-10-25(11-9-14)22(27)20-21(26)23-18-13-17(6-7-19(18)30-20)31(28,29)24-16-5-3-4-15(2)12-16/h3-7,12-14,20,24H,8-11H2,1-2H3,(H,23,26)/t20-/m1/s1. The lowest BCUT2D eigenvalue weighted by molar-refractivity contribution is -0.135. The quantitative estimate of drug-likeness (QED) is 0.683. The van der Waals surface area contributed by atoms with Crippen LogP contribution >= 0.6 is 11.8 Å². The molecule has 2 aliphatic rings. The van der Waals surface area contributed by atoms with Gasteiger partial charge in [0, 0.05) is 23.7 Å². The van der Waals surface area contributed by atoms with Crippen molar-refractivity contribution in [3.8, 4) is 0 Å². The van der Waals surface area contributed by atoms with Crippen LogP contribution in [0.2, 0.25) is 0 Å². The average Bonchev–Trinajstić information content (AvgIpc) is 2.72. The third-order valence-electron chi connectivity index (χ3n) is 5.59. The van der Waals surface area contributed by atoms with E-state index in [-0.39, 0.29) is 10.8 Å². The Morgan fingerprint density at radius 2 is 1.90 bits per heavy atom. The molecule has 2 N–H and O–H groups in total. The molecular formula is C22H25N3O4S2. The van der Waals surface area contributed by atoms with E-state index in [1.165, 1.54) is 23.9 Å². The van der Waals surface area contributed by atoms with Gasteiger partial charge in [0.2, 0.25) is 11.8 Å². The molecule has 1 saturated heterocycles. The van der Waals surface area contributed by atoms with Gasteiger partial charge < -0.3 is 10.2 Å². The highest BCUT2D eigenvalue weighted by atomic mass is 32.2. The number of rotatable bonds is 4. The van der Waals surface area contributed by atoms with Crippen molar-refractivity contribution >= 4 is 45.0 Å². The first-order valence-electron chi connectivity index (χ1n) is 10.2. The molecule has 0 saturated carbocycles. The van der Waals surface area contributed by atoms with E-state index in [0.717, 1.165) is 18.4 Å². The van der Waals surface area contributed by atoms with E-state index in [2.05, 4.69) is 17.0 Å². The fourth-order valence-corrected chi connectivity index (χ4v) is 5.86. The molecule has 0 radical (unpaired) electrons. The first kappa shape index (κ1) is 21.7.